The maximum Gasteiger partial charge on any atom is 0.236 e. The van der Waals surface area contributed by atoms with E-state index in [4.69, 9.17) is 0 Å². The number of amides is 1. The summed E-state index contributed by atoms with van der Waals surface area (Å²) in [6.45, 7) is 5.17. The molecular formula is C16H19NOP2. The standard InChI is InChI=1S/C16H19NOP2/c1-16(9-10-17(15(16)18)20-19-2)14-8-7-12-5-3-4-6-13(12)11-14/h3-8,11,19-20H,9-10H2,1-2H3/t16-/m0/s1. The van der Waals surface area contributed by atoms with Crippen molar-refractivity contribution >= 4 is 33.4 Å². The Bertz CT molecular complexity index is 658. The van der Waals surface area contributed by atoms with Crippen LogP contribution in [-0.4, -0.2) is 23.8 Å². The van der Waals surface area contributed by atoms with E-state index in [1.165, 1.54) is 10.8 Å². The van der Waals surface area contributed by atoms with Crippen LogP contribution in [0.3, 0.4) is 0 Å². The summed E-state index contributed by atoms with van der Waals surface area (Å²) in [7, 11) is 1.48. The van der Waals surface area contributed by atoms with Crippen LogP contribution in [0.2, 0.25) is 0 Å². The lowest BCUT2D eigenvalue weighted by molar-refractivity contribution is -0.127. The van der Waals surface area contributed by atoms with Gasteiger partial charge >= 0.3 is 0 Å². The molecule has 1 amide bonds. The van der Waals surface area contributed by atoms with Crippen LogP contribution in [0.15, 0.2) is 42.5 Å². The van der Waals surface area contributed by atoms with Crippen molar-refractivity contribution in [3.05, 3.63) is 48.0 Å². The lowest BCUT2D eigenvalue weighted by Crippen LogP contribution is -2.31. The molecule has 0 aromatic heterocycles. The second kappa shape index (κ2) is 5.43. The van der Waals surface area contributed by atoms with Crippen LogP contribution in [-0.2, 0) is 10.2 Å². The fraction of sp³-hybridized carbons (Fsp3) is 0.312. The predicted octanol–water partition coefficient (Wildman–Crippen LogP) is 4.15. The summed E-state index contributed by atoms with van der Waals surface area (Å²) >= 11 is 0. The summed E-state index contributed by atoms with van der Waals surface area (Å²) in [4.78, 5) is 12.7. The van der Waals surface area contributed by atoms with Crippen LogP contribution in [0, 0.1) is 0 Å². The minimum Gasteiger partial charge on any atom is -0.320 e. The van der Waals surface area contributed by atoms with Gasteiger partial charge in [-0.05, 0) is 36.3 Å². The van der Waals surface area contributed by atoms with Gasteiger partial charge < -0.3 is 4.67 Å². The molecule has 2 nitrogen and oxygen atoms in total. The van der Waals surface area contributed by atoms with Gasteiger partial charge in [0.2, 0.25) is 5.91 Å². The van der Waals surface area contributed by atoms with E-state index >= 15 is 0 Å². The highest BCUT2D eigenvalue weighted by molar-refractivity contribution is 8.10. The Morgan fingerprint density at radius 2 is 1.90 bits per heavy atom. The Balaban J connectivity index is 1.99. The van der Waals surface area contributed by atoms with Gasteiger partial charge in [-0.1, -0.05) is 50.7 Å². The van der Waals surface area contributed by atoms with Crippen molar-refractivity contribution in [3.63, 3.8) is 0 Å². The highest BCUT2D eigenvalue weighted by Gasteiger charge is 2.43. The first-order chi connectivity index (χ1) is 9.65. The van der Waals surface area contributed by atoms with E-state index in [0.29, 0.717) is 14.3 Å². The maximum absolute atomic E-state index is 12.7. The molecule has 0 spiro atoms. The van der Waals surface area contributed by atoms with E-state index in [1.807, 2.05) is 4.67 Å². The summed E-state index contributed by atoms with van der Waals surface area (Å²) in [5, 5.41) is 2.45. The van der Waals surface area contributed by atoms with Crippen molar-refractivity contribution in [2.24, 2.45) is 0 Å². The molecule has 0 aliphatic carbocycles. The minimum atomic E-state index is -0.337. The van der Waals surface area contributed by atoms with E-state index in [-0.39, 0.29) is 5.41 Å². The highest BCUT2D eigenvalue weighted by Crippen LogP contribution is 2.46. The first-order valence-electron chi connectivity index (χ1n) is 6.89. The molecule has 3 atom stereocenters. The minimum absolute atomic E-state index is 0.306. The number of benzene rings is 2. The summed E-state index contributed by atoms with van der Waals surface area (Å²) in [5.74, 6) is 0.306. The zero-order valence-corrected chi connectivity index (χ0v) is 13.8. The fourth-order valence-corrected chi connectivity index (χ4v) is 5.18. The lowest BCUT2D eigenvalue weighted by atomic mass is 9.80. The Morgan fingerprint density at radius 1 is 1.15 bits per heavy atom. The highest BCUT2D eigenvalue weighted by atomic mass is 32.0. The Labute approximate surface area is 123 Å². The number of fused-ring (bicyclic) bond motifs is 1. The molecule has 1 aliphatic rings. The molecule has 3 rings (SSSR count). The molecule has 2 unspecified atom stereocenters. The van der Waals surface area contributed by atoms with Gasteiger partial charge in [0, 0.05) is 15.0 Å². The van der Waals surface area contributed by atoms with Crippen molar-refractivity contribution < 1.29 is 4.79 Å². The van der Waals surface area contributed by atoms with Crippen molar-refractivity contribution in [2.45, 2.75) is 18.8 Å². The van der Waals surface area contributed by atoms with Crippen LogP contribution < -0.4 is 0 Å². The van der Waals surface area contributed by atoms with Gasteiger partial charge in [0.1, 0.15) is 0 Å². The molecule has 1 fully saturated rings. The SMILES string of the molecule is CPPN1CC[C@@](C)(c2ccc3ccccc3c2)C1=O. The molecular weight excluding hydrogens is 284 g/mol. The average molecular weight is 303 g/mol. The molecule has 104 valence electrons. The Hall–Kier alpha value is -0.970. The molecule has 1 saturated heterocycles. The normalized spacial score (nSPS) is 23.9. The molecule has 4 heteroatoms. The van der Waals surface area contributed by atoms with Crippen molar-refractivity contribution in [1.82, 2.24) is 4.67 Å². The van der Waals surface area contributed by atoms with E-state index < -0.39 is 0 Å². The van der Waals surface area contributed by atoms with Gasteiger partial charge in [0.25, 0.3) is 0 Å². The van der Waals surface area contributed by atoms with Gasteiger partial charge in [-0.15, -0.1) is 0 Å². The smallest absolute Gasteiger partial charge is 0.236 e. The average Bonchev–Trinajstić information content (AvgIpc) is 2.77. The third-order valence-corrected chi connectivity index (χ3v) is 6.59. The van der Waals surface area contributed by atoms with E-state index in [2.05, 4.69) is 56.1 Å². The summed E-state index contributed by atoms with van der Waals surface area (Å²) < 4.78 is 2.05. The number of carbonyl (C=O) groups is 1. The van der Waals surface area contributed by atoms with Gasteiger partial charge in [0.15, 0.2) is 0 Å². The number of hydrogen-bond donors (Lipinski definition) is 0. The second-order valence-electron chi connectivity index (χ2n) is 5.46. The summed E-state index contributed by atoms with van der Waals surface area (Å²) in [6.07, 6.45) is 0.932. The van der Waals surface area contributed by atoms with Crippen molar-refractivity contribution in [3.8, 4) is 0 Å². The molecule has 0 saturated carbocycles. The van der Waals surface area contributed by atoms with Crippen LogP contribution in [0.4, 0.5) is 0 Å². The van der Waals surface area contributed by atoms with E-state index in [1.54, 1.807) is 0 Å². The number of hydrogen-bond acceptors (Lipinski definition) is 1. The van der Waals surface area contributed by atoms with E-state index in [9.17, 15) is 4.79 Å². The van der Waals surface area contributed by atoms with Crippen LogP contribution in [0.25, 0.3) is 10.8 Å². The second-order valence-corrected chi connectivity index (χ2v) is 8.90. The number of carbonyl (C=O) groups excluding carboxylic acids is 1. The zero-order valence-electron chi connectivity index (χ0n) is 11.8. The summed E-state index contributed by atoms with van der Waals surface area (Å²) in [6, 6.07) is 14.8. The zero-order chi connectivity index (χ0) is 14.2. The van der Waals surface area contributed by atoms with Crippen molar-refractivity contribution in [2.75, 3.05) is 13.2 Å². The number of rotatable bonds is 3. The molecule has 1 aliphatic heterocycles. The quantitative estimate of drug-likeness (QED) is 0.780. The molecule has 0 bridgehead atoms. The van der Waals surface area contributed by atoms with Gasteiger partial charge in [-0.25, -0.2) is 0 Å². The first-order valence-corrected chi connectivity index (χ1v) is 10.3. The molecule has 0 radical (unpaired) electrons. The largest absolute Gasteiger partial charge is 0.320 e. The lowest BCUT2D eigenvalue weighted by Gasteiger charge is -2.24. The summed E-state index contributed by atoms with van der Waals surface area (Å²) in [5.41, 5.74) is 0.824. The molecule has 1 heterocycles. The Kier molecular flexibility index (Phi) is 3.80. The Morgan fingerprint density at radius 3 is 2.65 bits per heavy atom. The van der Waals surface area contributed by atoms with Crippen LogP contribution in [0.1, 0.15) is 18.9 Å². The monoisotopic (exact) mass is 303 g/mol. The molecule has 20 heavy (non-hydrogen) atoms. The third-order valence-electron chi connectivity index (χ3n) is 4.19. The van der Waals surface area contributed by atoms with Crippen LogP contribution in [0.5, 0.6) is 0 Å². The van der Waals surface area contributed by atoms with Gasteiger partial charge in [0.05, 0.1) is 5.41 Å². The molecule has 2 aromatic carbocycles. The molecule has 2 aromatic rings. The topological polar surface area (TPSA) is 20.3 Å². The van der Waals surface area contributed by atoms with Crippen molar-refractivity contribution in [1.29, 1.82) is 0 Å². The number of nitrogens with zero attached hydrogens (tertiary/aromatic N) is 1. The maximum atomic E-state index is 12.7. The van der Waals surface area contributed by atoms with Crippen LogP contribution >= 0.6 is 16.7 Å². The predicted molar refractivity (Wildman–Crippen MR) is 90.2 cm³/mol. The van der Waals surface area contributed by atoms with Gasteiger partial charge in [-0.2, -0.15) is 0 Å². The fourth-order valence-electron chi connectivity index (χ4n) is 2.88. The third kappa shape index (κ3) is 2.26. The van der Waals surface area contributed by atoms with E-state index in [0.717, 1.165) is 26.8 Å². The molecule has 0 N–H and O–H groups in total. The first kappa shape index (κ1) is 14.0. The van der Waals surface area contributed by atoms with Gasteiger partial charge in [-0.3, -0.25) is 4.79 Å².